The van der Waals surface area contributed by atoms with Crippen LogP contribution in [-0.4, -0.2) is 16.9 Å². The Bertz CT molecular complexity index is 457. The molecule has 2 aliphatic rings. The van der Waals surface area contributed by atoms with Crippen molar-refractivity contribution in [3.8, 4) is 0 Å². The minimum Gasteiger partial charge on any atom is -0.348 e. The average Bonchev–Trinajstić information content (AvgIpc) is 3.04. The lowest BCUT2D eigenvalue weighted by Crippen LogP contribution is -2.38. The van der Waals surface area contributed by atoms with Crippen molar-refractivity contribution in [2.45, 2.75) is 44.7 Å². The maximum Gasteiger partial charge on any atom is 0.270 e. The molecule has 1 heterocycles. The molecule has 0 radical (unpaired) electrons. The highest BCUT2D eigenvalue weighted by atomic mass is 32.1. The third-order valence-corrected chi connectivity index (χ3v) is 5.24. The van der Waals surface area contributed by atoms with Crippen molar-refractivity contribution in [3.63, 3.8) is 0 Å². The largest absolute Gasteiger partial charge is 0.348 e. The van der Waals surface area contributed by atoms with Gasteiger partial charge in [0.15, 0.2) is 0 Å². The Morgan fingerprint density at radius 3 is 2.94 bits per heavy atom. The average molecular weight is 265 g/mol. The molecular formula is C13H19N3OS. The van der Waals surface area contributed by atoms with E-state index in [0.29, 0.717) is 17.7 Å². The summed E-state index contributed by atoms with van der Waals surface area (Å²) in [5, 5.41) is 5.78. The Balaban J connectivity index is 1.64. The quantitative estimate of drug-likeness (QED) is 0.879. The molecule has 5 heteroatoms. The van der Waals surface area contributed by atoms with Gasteiger partial charge in [-0.2, -0.15) is 0 Å². The zero-order valence-electron chi connectivity index (χ0n) is 10.6. The van der Waals surface area contributed by atoms with E-state index in [9.17, 15) is 4.79 Å². The van der Waals surface area contributed by atoms with Gasteiger partial charge in [0, 0.05) is 11.4 Å². The van der Waals surface area contributed by atoms with Crippen molar-refractivity contribution < 1.29 is 4.79 Å². The van der Waals surface area contributed by atoms with Crippen molar-refractivity contribution in [3.05, 3.63) is 16.1 Å². The molecule has 2 fully saturated rings. The summed E-state index contributed by atoms with van der Waals surface area (Å²) in [5.41, 5.74) is 6.28. The molecule has 0 aliphatic heterocycles. The molecule has 3 rings (SSSR count). The smallest absolute Gasteiger partial charge is 0.270 e. The zero-order valence-corrected chi connectivity index (χ0v) is 11.4. The molecule has 0 saturated heterocycles. The van der Waals surface area contributed by atoms with Crippen LogP contribution in [0, 0.1) is 11.8 Å². The third kappa shape index (κ3) is 2.17. The Morgan fingerprint density at radius 2 is 2.39 bits per heavy atom. The molecule has 3 N–H and O–H groups in total. The fourth-order valence-electron chi connectivity index (χ4n) is 3.26. The molecule has 0 spiro atoms. The first-order chi connectivity index (χ1) is 8.63. The van der Waals surface area contributed by atoms with E-state index in [1.807, 2.05) is 6.92 Å². The Labute approximate surface area is 111 Å². The number of fused-ring (bicyclic) bond motifs is 2. The van der Waals surface area contributed by atoms with Crippen LogP contribution in [0.15, 0.2) is 5.38 Å². The lowest BCUT2D eigenvalue weighted by Gasteiger charge is -2.22. The number of amides is 1. The van der Waals surface area contributed by atoms with Crippen LogP contribution in [-0.2, 0) is 0 Å². The molecule has 0 aromatic carbocycles. The van der Waals surface area contributed by atoms with Gasteiger partial charge < -0.3 is 11.1 Å². The van der Waals surface area contributed by atoms with Crippen LogP contribution in [0.5, 0.6) is 0 Å². The molecular weight excluding hydrogens is 246 g/mol. The van der Waals surface area contributed by atoms with Gasteiger partial charge in [0.1, 0.15) is 10.7 Å². The highest BCUT2D eigenvalue weighted by Crippen LogP contribution is 2.44. The van der Waals surface area contributed by atoms with E-state index in [-0.39, 0.29) is 11.9 Å². The molecule has 18 heavy (non-hydrogen) atoms. The van der Waals surface area contributed by atoms with Gasteiger partial charge in [0.05, 0.1) is 6.04 Å². The maximum absolute atomic E-state index is 12.1. The molecule has 4 unspecified atom stereocenters. The number of hydrogen-bond acceptors (Lipinski definition) is 4. The number of aromatic nitrogens is 1. The molecule has 4 atom stereocenters. The highest BCUT2D eigenvalue weighted by molar-refractivity contribution is 7.09. The fraction of sp³-hybridized carbons (Fsp3) is 0.692. The van der Waals surface area contributed by atoms with Crippen LogP contribution in [0.4, 0.5) is 0 Å². The highest BCUT2D eigenvalue weighted by Gasteiger charge is 2.40. The standard InChI is InChI=1S/C13H19N3OS/c1-7(14)13-16-11(6-18-13)12(17)15-10-5-8-2-3-9(10)4-8/h6-10H,2-5,14H2,1H3,(H,15,17). The summed E-state index contributed by atoms with van der Waals surface area (Å²) in [6.07, 6.45) is 5.08. The van der Waals surface area contributed by atoms with Crippen LogP contribution in [0.2, 0.25) is 0 Å². The van der Waals surface area contributed by atoms with Crippen molar-refractivity contribution in [2.24, 2.45) is 17.6 Å². The Hall–Kier alpha value is -0.940. The van der Waals surface area contributed by atoms with Crippen molar-refractivity contribution in [1.29, 1.82) is 0 Å². The number of nitrogens with one attached hydrogen (secondary N) is 1. The van der Waals surface area contributed by atoms with Crippen LogP contribution < -0.4 is 11.1 Å². The van der Waals surface area contributed by atoms with E-state index >= 15 is 0 Å². The first-order valence-electron chi connectivity index (χ1n) is 6.65. The number of nitrogens with two attached hydrogens (primary N) is 1. The second kappa shape index (κ2) is 4.63. The van der Waals surface area contributed by atoms with E-state index < -0.39 is 0 Å². The fourth-order valence-corrected chi connectivity index (χ4v) is 4.02. The first kappa shape index (κ1) is 12.1. The Kier molecular flexibility index (Phi) is 3.11. The molecule has 1 aromatic rings. The molecule has 4 nitrogen and oxygen atoms in total. The van der Waals surface area contributed by atoms with Gasteiger partial charge in [-0.1, -0.05) is 6.42 Å². The minimum absolute atomic E-state index is 0.0318. The molecule has 2 bridgehead atoms. The molecule has 98 valence electrons. The summed E-state index contributed by atoms with van der Waals surface area (Å²) in [4.78, 5) is 16.4. The molecule has 2 saturated carbocycles. The summed E-state index contributed by atoms with van der Waals surface area (Å²) in [5.74, 6) is 1.51. The predicted molar refractivity (Wildman–Crippen MR) is 71.4 cm³/mol. The van der Waals surface area contributed by atoms with Crippen LogP contribution in [0.25, 0.3) is 0 Å². The van der Waals surface area contributed by atoms with E-state index in [2.05, 4.69) is 10.3 Å². The number of thiazole rings is 1. The molecule has 1 amide bonds. The lowest BCUT2D eigenvalue weighted by atomic mass is 9.95. The summed E-state index contributed by atoms with van der Waals surface area (Å²) in [6, 6.07) is 0.274. The number of hydrogen-bond donors (Lipinski definition) is 2. The number of nitrogens with zero attached hydrogens (tertiary/aromatic N) is 1. The topological polar surface area (TPSA) is 68.0 Å². The summed E-state index contributed by atoms with van der Waals surface area (Å²) in [7, 11) is 0. The van der Waals surface area contributed by atoms with Gasteiger partial charge >= 0.3 is 0 Å². The van der Waals surface area contributed by atoms with Crippen molar-refractivity contribution >= 4 is 17.2 Å². The van der Waals surface area contributed by atoms with Crippen molar-refractivity contribution in [2.75, 3.05) is 0 Å². The van der Waals surface area contributed by atoms with E-state index in [4.69, 9.17) is 5.73 Å². The SMILES string of the molecule is CC(N)c1nc(C(=O)NC2CC3CCC2C3)cs1. The predicted octanol–water partition coefficient (Wildman–Crippen LogP) is 2.08. The van der Waals surface area contributed by atoms with Gasteiger partial charge in [-0.05, 0) is 38.0 Å². The molecule has 2 aliphatic carbocycles. The first-order valence-corrected chi connectivity index (χ1v) is 7.53. The number of rotatable bonds is 3. The zero-order chi connectivity index (χ0) is 12.7. The normalized spacial score (nSPS) is 31.6. The van der Waals surface area contributed by atoms with E-state index in [1.165, 1.54) is 30.6 Å². The number of carbonyl (C=O) groups is 1. The van der Waals surface area contributed by atoms with Crippen LogP contribution in [0.3, 0.4) is 0 Å². The lowest BCUT2D eigenvalue weighted by molar-refractivity contribution is 0.0918. The van der Waals surface area contributed by atoms with Gasteiger partial charge in [-0.15, -0.1) is 11.3 Å². The second-order valence-corrected chi connectivity index (χ2v) is 6.50. The third-order valence-electron chi connectivity index (χ3n) is 4.20. The van der Waals surface area contributed by atoms with E-state index in [0.717, 1.165) is 17.3 Å². The summed E-state index contributed by atoms with van der Waals surface area (Å²) >= 11 is 1.46. The monoisotopic (exact) mass is 265 g/mol. The minimum atomic E-state index is -0.0981. The number of carbonyl (C=O) groups excluding carboxylic acids is 1. The van der Waals surface area contributed by atoms with Crippen LogP contribution >= 0.6 is 11.3 Å². The van der Waals surface area contributed by atoms with Gasteiger partial charge in [0.25, 0.3) is 5.91 Å². The van der Waals surface area contributed by atoms with Gasteiger partial charge in [-0.25, -0.2) is 4.98 Å². The van der Waals surface area contributed by atoms with Gasteiger partial charge in [0.2, 0.25) is 0 Å². The maximum atomic E-state index is 12.1. The Morgan fingerprint density at radius 1 is 1.56 bits per heavy atom. The van der Waals surface area contributed by atoms with Crippen LogP contribution in [0.1, 0.15) is 54.1 Å². The summed E-state index contributed by atoms with van der Waals surface area (Å²) < 4.78 is 0. The summed E-state index contributed by atoms with van der Waals surface area (Å²) in [6.45, 7) is 1.89. The molecule has 1 aromatic heterocycles. The van der Waals surface area contributed by atoms with Gasteiger partial charge in [-0.3, -0.25) is 4.79 Å². The van der Waals surface area contributed by atoms with E-state index in [1.54, 1.807) is 5.38 Å². The van der Waals surface area contributed by atoms with Crippen molar-refractivity contribution in [1.82, 2.24) is 10.3 Å². The second-order valence-electron chi connectivity index (χ2n) is 5.61.